The molecule has 0 aliphatic rings. The lowest BCUT2D eigenvalue weighted by Gasteiger charge is -2.13. The summed E-state index contributed by atoms with van der Waals surface area (Å²) in [6.45, 7) is 0.736. The monoisotopic (exact) mass is 373 g/mol. The fourth-order valence-electron chi connectivity index (χ4n) is 2.56. The van der Waals surface area contributed by atoms with Crippen molar-refractivity contribution in [1.82, 2.24) is 5.32 Å². The SMILES string of the molecule is OC(CNCc1cc(Br)ccc1F)c1ccc2ccccc2c1. The van der Waals surface area contributed by atoms with Crippen LogP contribution in [0.15, 0.2) is 65.1 Å². The molecule has 0 aliphatic carbocycles. The molecule has 4 heteroatoms. The Hall–Kier alpha value is -1.75. The predicted octanol–water partition coefficient (Wildman–Crippen LogP) is 4.56. The predicted molar refractivity (Wildman–Crippen MR) is 94.7 cm³/mol. The number of rotatable bonds is 5. The van der Waals surface area contributed by atoms with Gasteiger partial charge in [-0.15, -0.1) is 0 Å². The molecule has 118 valence electrons. The standard InChI is InChI=1S/C19H17BrFNO/c20-17-7-8-18(21)16(10-17)11-22-12-19(23)15-6-5-13-3-1-2-4-14(13)9-15/h1-10,19,22-23H,11-12H2. The Morgan fingerprint density at radius 2 is 1.78 bits per heavy atom. The lowest BCUT2D eigenvalue weighted by molar-refractivity contribution is 0.174. The molecule has 0 radical (unpaired) electrons. The summed E-state index contributed by atoms with van der Waals surface area (Å²) in [7, 11) is 0. The first kappa shape index (κ1) is 16.1. The van der Waals surface area contributed by atoms with Gasteiger partial charge in [0.05, 0.1) is 6.10 Å². The van der Waals surface area contributed by atoms with Crippen LogP contribution in [-0.2, 0) is 6.54 Å². The highest BCUT2D eigenvalue weighted by Crippen LogP contribution is 2.20. The van der Waals surface area contributed by atoms with Gasteiger partial charge >= 0.3 is 0 Å². The average molecular weight is 374 g/mol. The second-order valence-electron chi connectivity index (χ2n) is 5.49. The van der Waals surface area contributed by atoms with Crippen molar-refractivity contribution in [2.75, 3.05) is 6.54 Å². The van der Waals surface area contributed by atoms with Crippen molar-refractivity contribution in [1.29, 1.82) is 0 Å². The van der Waals surface area contributed by atoms with Gasteiger partial charge < -0.3 is 10.4 Å². The smallest absolute Gasteiger partial charge is 0.127 e. The van der Waals surface area contributed by atoms with Gasteiger partial charge in [0.25, 0.3) is 0 Å². The lowest BCUT2D eigenvalue weighted by atomic mass is 10.0. The minimum absolute atomic E-state index is 0.249. The molecule has 3 aromatic rings. The van der Waals surface area contributed by atoms with Gasteiger partial charge in [-0.2, -0.15) is 0 Å². The number of hydrogen-bond acceptors (Lipinski definition) is 2. The number of fused-ring (bicyclic) bond motifs is 1. The third-order valence-electron chi connectivity index (χ3n) is 3.82. The summed E-state index contributed by atoms with van der Waals surface area (Å²) in [6.07, 6.45) is -0.630. The van der Waals surface area contributed by atoms with Crippen LogP contribution in [0.1, 0.15) is 17.2 Å². The van der Waals surface area contributed by atoms with E-state index in [-0.39, 0.29) is 5.82 Å². The van der Waals surface area contributed by atoms with Crippen LogP contribution in [0.3, 0.4) is 0 Å². The molecule has 0 heterocycles. The van der Waals surface area contributed by atoms with Gasteiger partial charge in [0, 0.05) is 23.1 Å². The van der Waals surface area contributed by atoms with E-state index in [9.17, 15) is 9.50 Å². The maximum atomic E-state index is 13.7. The Morgan fingerprint density at radius 1 is 1.00 bits per heavy atom. The molecular weight excluding hydrogens is 357 g/mol. The van der Waals surface area contributed by atoms with Gasteiger partial charge in [0.2, 0.25) is 0 Å². The topological polar surface area (TPSA) is 32.3 Å². The molecule has 0 saturated carbocycles. The van der Waals surface area contributed by atoms with Gasteiger partial charge in [-0.3, -0.25) is 0 Å². The molecule has 2 nitrogen and oxygen atoms in total. The molecule has 0 fully saturated rings. The quantitative estimate of drug-likeness (QED) is 0.686. The minimum atomic E-state index is -0.630. The molecule has 1 atom stereocenters. The zero-order valence-electron chi connectivity index (χ0n) is 12.5. The van der Waals surface area contributed by atoms with Crippen LogP contribution in [0.25, 0.3) is 10.8 Å². The van der Waals surface area contributed by atoms with E-state index in [2.05, 4.69) is 21.2 Å². The van der Waals surface area contributed by atoms with E-state index in [1.54, 1.807) is 12.1 Å². The van der Waals surface area contributed by atoms with E-state index >= 15 is 0 Å². The Bertz CT molecular complexity index is 821. The van der Waals surface area contributed by atoms with Crippen LogP contribution >= 0.6 is 15.9 Å². The molecule has 0 amide bonds. The highest BCUT2D eigenvalue weighted by atomic mass is 79.9. The molecule has 0 aromatic heterocycles. The van der Waals surface area contributed by atoms with Crippen molar-refractivity contribution in [3.05, 3.63) is 82.1 Å². The second-order valence-corrected chi connectivity index (χ2v) is 6.40. The molecule has 1 unspecified atom stereocenters. The maximum Gasteiger partial charge on any atom is 0.127 e. The summed E-state index contributed by atoms with van der Waals surface area (Å²) < 4.78 is 14.5. The summed E-state index contributed by atoms with van der Waals surface area (Å²) >= 11 is 3.33. The average Bonchev–Trinajstić information content (AvgIpc) is 2.57. The lowest BCUT2D eigenvalue weighted by Crippen LogP contribution is -2.21. The fraction of sp³-hybridized carbons (Fsp3) is 0.158. The van der Waals surface area contributed by atoms with Crippen LogP contribution in [0, 0.1) is 5.82 Å². The van der Waals surface area contributed by atoms with E-state index in [0.717, 1.165) is 20.8 Å². The van der Waals surface area contributed by atoms with Crippen LogP contribution in [-0.4, -0.2) is 11.7 Å². The summed E-state index contributed by atoms with van der Waals surface area (Å²) in [4.78, 5) is 0. The summed E-state index contributed by atoms with van der Waals surface area (Å²) in [5, 5.41) is 15.7. The van der Waals surface area contributed by atoms with E-state index in [0.29, 0.717) is 18.7 Å². The molecule has 2 N–H and O–H groups in total. The summed E-state index contributed by atoms with van der Waals surface area (Å²) in [6, 6.07) is 18.8. The fourth-order valence-corrected chi connectivity index (χ4v) is 2.96. The zero-order chi connectivity index (χ0) is 16.2. The molecule has 0 spiro atoms. The number of halogens is 2. The normalized spacial score (nSPS) is 12.5. The molecule has 3 rings (SSSR count). The van der Waals surface area contributed by atoms with Gasteiger partial charge in [0.1, 0.15) is 5.82 Å². The number of aliphatic hydroxyl groups excluding tert-OH is 1. The van der Waals surface area contributed by atoms with E-state index in [1.165, 1.54) is 6.07 Å². The Labute approximate surface area is 143 Å². The number of hydrogen-bond donors (Lipinski definition) is 2. The van der Waals surface area contributed by atoms with Crippen molar-refractivity contribution in [2.45, 2.75) is 12.6 Å². The van der Waals surface area contributed by atoms with Crippen LogP contribution in [0.2, 0.25) is 0 Å². The van der Waals surface area contributed by atoms with Crippen molar-refractivity contribution in [3.63, 3.8) is 0 Å². The molecule has 0 saturated heterocycles. The van der Waals surface area contributed by atoms with Gasteiger partial charge in [-0.25, -0.2) is 4.39 Å². The maximum absolute atomic E-state index is 13.7. The van der Waals surface area contributed by atoms with E-state index < -0.39 is 6.10 Å². The number of nitrogens with one attached hydrogen (secondary N) is 1. The van der Waals surface area contributed by atoms with Crippen molar-refractivity contribution >= 4 is 26.7 Å². The van der Waals surface area contributed by atoms with Gasteiger partial charge in [0.15, 0.2) is 0 Å². The number of benzene rings is 3. The van der Waals surface area contributed by atoms with Gasteiger partial charge in [-0.05, 0) is 40.6 Å². The third kappa shape index (κ3) is 3.96. The molecule has 3 aromatic carbocycles. The third-order valence-corrected chi connectivity index (χ3v) is 4.31. The first-order chi connectivity index (χ1) is 11.1. The zero-order valence-corrected chi connectivity index (χ0v) is 14.1. The van der Waals surface area contributed by atoms with Crippen molar-refractivity contribution in [3.8, 4) is 0 Å². The van der Waals surface area contributed by atoms with E-state index in [1.807, 2.05) is 42.5 Å². The molecular formula is C19H17BrFNO. The molecule has 0 bridgehead atoms. The minimum Gasteiger partial charge on any atom is -0.387 e. The van der Waals surface area contributed by atoms with Gasteiger partial charge in [-0.1, -0.05) is 52.3 Å². The van der Waals surface area contributed by atoms with Crippen LogP contribution in [0.5, 0.6) is 0 Å². The molecule has 0 aliphatic heterocycles. The molecule has 23 heavy (non-hydrogen) atoms. The Balaban J connectivity index is 1.64. The Morgan fingerprint density at radius 3 is 2.61 bits per heavy atom. The second kappa shape index (κ2) is 7.21. The summed E-state index contributed by atoms with van der Waals surface area (Å²) in [5.74, 6) is -0.249. The van der Waals surface area contributed by atoms with E-state index in [4.69, 9.17) is 0 Å². The highest BCUT2D eigenvalue weighted by molar-refractivity contribution is 9.10. The Kier molecular flexibility index (Phi) is 5.06. The largest absolute Gasteiger partial charge is 0.387 e. The first-order valence-electron chi connectivity index (χ1n) is 7.45. The number of aliphatic hydroxyl groups is 1. The van der Waals surface area contributed by atoms with Crippen LogP contribution < -0.4 is 5.32 Å². The first-order valence-corrected chi connectivity index (χ1v) is 8.24. The van der Waals surface area contributed by atoms with Crippen molar-refractivity contribution < 1.29 is 9.50 Å². The van der Waals surface area contributed by atoms with Crippen LogP contribution in [0.4, 0.5) is 4.39 Å². The van der Waals surface area contributed by atoms with Crippen molar-refractivity contribution in [2.24, 2.45) is 0 Å². The summed E-state index contributed by atoms with van der Waals surface area (Å²) in [5.41, 5.74) is 1.43. The highest BCUT2D eigenvalue weighted by Gasteiger charge is 2.09.